The van der Waals surface area contributed by atoms with Crippen LogP contribution >= 0.6 is 15.9 Å². The predicted octanol–water partition coefficient (Wildman–Crippen LogP) is 1.38. The number of methoxy groups -OCH3 is 2. The zero-order valence-electron chi connectivity index (χ0n) is 9.74. The molecule has 0 heterocycles. The van der Waals surface area contributed by atoms with E-state index in [1.165, 1.54) is 0 Å². The molecule has 0 radical (unpaired) electrons. The monoisotopic (exact) mass is 302 g/mol. The molecule has 1 rings (SSSR count). The third-order valence-electron chi connectivity index (χ3n) is 2.03. The summed E-state index contributed by atoms with van der Waals surface area (Å²) in [5.41, 5.74) is 3.56. The van der Waals surface area contributed by atoms with Crippen LogP contribution in [0.2, 0.25) is 0 Å². The Morgan fingerprint density at radius 3 is 2.76 bits per heavy atom. The predicted molar refractivity (Wildman–Crippen MR) is 69.9 cm³/mol. The number of aliphatic hydroxyl groups is 1. The zero-order valence-corrected chi connectivity index (χ0v) is 11.3. The Kier molecular flexibility index (Phi) is 5.79. The normalized spacial score (nSPS) is 10.6. The minimum atomic E-state index is 0.0461. The Bertz CT molecular complexity index is 397. The molecule has 0 saturated heterocycles. The van der Waals surface area contributed by atoms with E-state index >= 15 is 0 Å². The SMILES string of the molecule is COc1ccc(C=NNCCO)c(Br)c1OC. The first-order valence-electron chi connectivity index (χ1n) is 5.01. The van der Waals surface area contributed by atoms with Crippen molar-refractivity contribution in [2.45, 2.75) is 0 Å². The van der Waals surface area contributed by atoms with Gasteiger partial charge in [0.1, 0.15) is 0 Å². The quantitative estimate of drug-likeness (QED) is 0.473. The van der Waals surface area contributed by atoms with Gasteiger partial charge in [-0.3, -0.25) is 0 Å². The summed E-state index contributed by atoms with van der Waals surface area (Å²) in [5, 5.41) is 12.5. The van der Waals surface area contributed by atoms with E-state index in [4.69, 9.17) is 14.6 Å². The van der Waals surface area contributed by atoms with Gasteiger partial charge in [0.2, 0.25) is 0 Å². The van der Waals surface area contributed by atoms with Crippen LogP contribution in [0.15, 0.2) is 21.7 Å². The first-order chi connectivity index (χ1) is 8.24. The summed E-state index contributed by atoms with van der Waals surface area (Å²) in [4.78, 5) is 0. The van der Waals surface area contributed by atoms with Crippen molar-refractivity contribution >= 4 is 22.1 Å². The van der Waals surface area contributed by atoms with Crippen molar-refractivity contribution in [2.24, 2.45) is 5.10 Å². The lowest BCUT2D eigenvalue weighted by atomic mass is 10.2. The smallest absolute Gasteiger partial charge is 0.175 e. The standard InChI is InChI=1S/C11H15BrN2O3/c1-16-9-4-3-8(7-14-13-5-6-15)10(12)11(9)17-2/h3-4,7,13,15H,5-6H2,1-2H3. The van der Waals surface area contributed by atoms with Crippen LogP contribution in [-0.2, 0) is 0 Å². The Morgan fingerprint density at radius 1 is 1.41 bits per heavy atom. The summed E-state index contributed by atoms with van der Waals surface area (Å²) in [5.74, 6) is 1.28. The zero-order chi connectivity index (χ0) is 12.7. The summed E-state index contributed by atoms with van der Waals surface area (Å²) in [7, 11) is 3.16. The molecule has 0 amide bonds. The number of hydrazone groups is 1. The van der Waals surface area contributed by atoms with Crippen molar-refractivity contribution in [3.05, 3.63) is 22.2 Å². The van der Waals surface area contributed by atoms with Crippen molar-refractivity contribution in [2.75, 3.05) is 27.4 Å². The average Bonchev–Trinajstić information content (AvgIpc) is 2.35. The van der Waals surface area contributed by atoms with Gasteiger partial charge in [0.05, 0.1) is 38.1 Å². The fraction of sp³-hybridized carbons (Fsp3) is 0.364. The van der Waals surface area contributed by atoms with Crippen molar-refractivity contribution in [1.82, 2.24) is 5.43 Å². The fourth-order valence-electron chi connectivity index (χ4n) is 1.23. The molecule has 17 heavy (non-hydrogen) atoms. The van der Waals surface area contributed by atoms with Gasteiger partial charge >= 0.3 is 0 Å². The van der Waals surface area contributed by atoms with Gasteiger partial charge < -0.3 is 20.0 Å². The highest BCUT2D eigenvalue weighted by atomic mass is 79.9. The molecular weight excluding hydrogens is 288 g/mol. The lowest BCUT2D eigenvalue weighted by Crippen LogP contribution is -2.11. The van der Waals surface area contributed by atoms with E-state index in [1.807, 2.05) is 6.07 Å². The minimum Gasteiger partial charge on any atom is -0.493 e. The van der Waals surface area contributed by atoms with Crippen molar-refractivity contribution in [3.63, 3.8) is 0 Å². The lowest BCUT2D eigenvalue weighted by Gasteiger charge is -2.10. The van der Waals surface area contributed by atoms with Gasteiger partial charge in [0.15, 0.2) is 11.5 Å². The summed E-state index contributed by atoms with van der Waals surface area (Å²) >= 11 is 3.43. The third kappa shape index (κ3) is 3.61. The maximum Gasteiger partial charge on any atom is 0.175 e. The number of halogens is 1. The molecule has 1 aromatic rings. The van der Waals surface area contributed by atoms with Crippen LogP contribution in [0.3, 0.4) is 0 Å². The number of benzene rings is 1. The van der Waals surface area contributed by atoms with Crippen LogP contribution in [0, 0.1) is 0 Å². The minimum absolute atomic E-state index is 0.0461. The molecule has 0 spiro atoms. The van der Waals surface area contributed by atoms with Crippen molar-refractivity contribution in [3.8, 4) is 11.5 Å². The molecule has 0 fully saturated rings. The van der Waals surface area contributed by atoms with Gasteiger partial charge in [0, 0.05) is 5.56 Å². The van der Waals surface area contributed by atoms with Gasteiger partial charge in [-0.05, 0) is 28.1 Å². The van der Waals surface area contributed by atoms with Gasteiger partial charge in [-0.2, -0.15) is 5.10 Å². The van der Waals surface area contributed by atoms with Crippen LogP contribution < -0.4 is 14.9 Å². The molecule has 0 bridgehead atoms. The molecular formula is C11H15BrN2O3. The highest BCUT2D eigenvalue weighted by Gasteiger charge is 2.11. The second-order valence-corrected chi connectivity index (χ2v) is 3.89. The number of aliphatic hydroxyl groups excluding tert-OH is 1. The Labute approximate surface area is 109 Å². The van der Waals surface area contributed by atoms with Gasteiger partial charge in [0.25, 0.3) is 0 Å². The lowest BCUT2D eigenvalue weighted by molar-refractivity contribution is 0.294. The molecule has 2 N–H and O–H groups in total. The molecule has 94 valence electrons. The van der Waals surface area contributed by atoms with Gasteiger partial charge in [-0.25, -0.2) is 0 Å². The molecule has 1 aromatic carbocycles. The van der Waals surface area contributed by atoms with Crippen molar-refractivity contribution < 1.29 is 14.6 Å². The molecule has 0 aliphatic rings. The van der Waals surface area contributed by atoms with E-state index in [2.05, 4.69) is 26.5 Å². The molecule has 0 unspecified atom stereocenters. The molecule has 0 saturated carbocycles. The molecule has 6 heteroatoms. The number of nitrogens with zero attached hydrogens (tertiary/aromatic N) is 1. The summed E-state index contributed by atoms with van der Waals surface area (Å²) in [6.45, 7) is 0.464. The van der Waals surface area contributed by atoms with Crippen LogP contribution in [0.4, 0.5) is 0 Å². The van der Waals surface area contributed by atoms with E-state index in [-0.39, 0.29) is 6.61 Å². The van der Waals surface area contributed by atoms with Crippen molar-refractivity contribution in [1.29, 1.82) is 0 Å². The molecule has 5 nitrogen and oxygen atoms in total. The second-order valence-electron chi connectivity index (χ2n) is 3.09. The maximum absolute atomic E-state index is 8.59. The molecule has 0 aromatic heterocycles. The largest absolute Gasteiger partial charge is 0.493 e. The highest BCUT2D eigenvalue weighted by molar-refractivity contribution is 9.10. The van der Waals surface area contributed by atoms with Crippen LogP contribution in [0.5, 0.6) is 11.5 Å². The summed E-state index contributed by atoms with van der Waals surface area (Å²) in [6.07, 6.45) is 1.64. The van der Waals surface area contributed by atoms with Crippen LogP contribution in [0.25, 0.3) is 0 Å². The first kappa shape index (κ1) is 13.8. The van der Waals surface area contributed by atoms with E-state index in [9.17, 15) is 0 Å². The highest BCUT2D eigenvalue weighted by Crippen LogP contribution is 2.36. The number of hydrogen-bond donors (Lipinski definition) is 2. The van der Waals surface area contributed by atoms with Crippen LogP contribution in [0.1, 0.15) is 5.56 Å². The van der Waals surface area contributed by atoms with E-state index in [0.717, 1.165) is 10.0 Å². The molecule has 0 aliphatic heterocycles. The first-order valence-corrected chi connectivity index (χ1v) is 5.81. The Morgan fingerprint density at radius 2 is 2.18 bits per heavy atom. The second kappa shape index (κ2) is 7.13. The maximum atomic E-state index is 8.59. The van der Waals surface area contributed by atoms with E-state index in [1.54, 1.807) is 26.5 Å². The Balaban J connectivity index is 2.90. The van der Waals surface area contributed by atoms with E-state index in [0.29, 0.717) is 18.0 Å². The van der Waals surface area contributed by atoms with Crippen LogP contribution in [-0.4, -0.2) is 38.7 Å². The number of ether oxygens (including phenoxy) is 2. The third-order valence-corrected chi connectivity index (χ3v) is 2.85. The number of hydrogen-bond acceptors (Lipinski definition) is 5. The van der Waals surface area contributed by atoms with Gasteiger partial charge in [-0.1, -0.05) is 0 Å². The average molecular weight is 303 g/mol. The summed E-state index contributed by atoms with van der Waals surface area (Å²) in [6, 6.07) is 3.66. The fourth-order valence-corrected chi connectivity index (χ4v) is 1.83. The van der Waals surface area contributed by atoms with Gasteiger partial charge in [-0.15, -0.1) is 0 Å². The van der Waals surface area contributed by atoms with E-state index < -0.39 is 0 Å². The molecule has 0 atom stereocenters. The molecule has 0 aliphatic carbocycles. The number of nitrogens with one attached hydrogen (secondary N) is 1. The topological polar surface area (TPSA) is 63.1 Å². The number of rotatable bonds is 6. The Hall–Kier alpha value is -1.27. The summed E-state index contributed by atoms with van der Waals surface area (Å²) < 4.78 is 11.2.